The van der Waals surface area contributed by atoms with Crippen molar-refractivity contribution in [3.05, 3.63) is 0 Å². The molecule has 0 aromatic heterocycles. The number of hydrogen-bond donors (Lipinski definition) is 0. The Morgan fingerprint density at radius 3 is 2.45 bits per heavy atom. The third kappa shape index (κ3) is 2.07. The van der Waals surface area contributed by atoms with Crippen LogP contribution in [0.1, 0.15) is 19.8 Å². The summed E-state index contributed by atoms with van der Waals surface area (Å²) < 4.78 is 26.7. The summed E-state index contributed by atoms with van der Waals surface area (Å²) in [5, 5.41) is -0.468. The van der Waals surface area contributed by atoms with Gasteiger partial charge in [-0.2, -0.15) is 0 Å². The van der Waals surface area contributed by atoms with E-state index in [4.69, 9.17) is 15.4 Å². The molecule has 0 N–H and O–H groups in total. The Balaban J connectivity index is 2.50. The Bertz CT molecular complexity index is 224. The minimum atomic E-state index is -3.39. The quantitative estimate of drug-likeness (QED) is 0.639. The number of rotatable bonds is 3. The van der Waals surface area contributed by atoms with Crippen LogP contribution >= 0.6 is 10.7 Å². The summed E-state index contributed by atoms with van der Waals surface area (Å²) in [7, 11) is 1.77. The molecule has 3 nitrogen and oxygen atoms in total. The SMILES string of the molecule is CCOC1CC[C@@H]1S(=O)(=O)Cl. The summed E-state index contributed by atoms with van der Waals surface area (Å²) in [4.78, 5) is 0. The molecule has 0 amide bonds. The molecule has 0 bridgehead atoms. The van der Waals surface area contributed by atoms with Gasteiger partial charge in [-0.05, 0) is 19.8 Å². The molecular formula is C6H11ClO3S. The molecule has 2 atom stereocenters. The number of ether oxygens (including phenoxy) is 1. The first-order valence-electron chi connectivity index (χ1n) is 3.60. The van der Waals surface area contributed by atoms with Gasteiger partial charge < -0.3 is 4.74 Å². The molecule has 0 aromatic carbocycles. The van der Waals surface area contributed by atoms with E-state index < -0.39 is 14.3 Å². The van der Waals surface area contributed by atoms with E-state index in [1.807, 2.05) is 6.92 Å². The van der Waals surface area contributed by atoms with E-state index in [-0.39, 0.29) is 6.10 Å². The average molecular weight is 199 g/mol. The second-order valence-electron chi connectivity index (χ2n) is 2.59. The van der Waals surface area contributed by atoms with E-state index in [1.54, 1.807) is 0 Å². The predicted molar refractivity (Wildman–Crippen MR) is 43.2 cm³/mol. The van der Waals surface area contributed by atoms with Gasteiger partial charge in [-0.15, -0.1) is 0 Å². The van der Waals surface area contributed by atoms with E-state index >= 15 is 0 Å². The van der Waals surface area contributed by atoms with Crippen molar-refractivity contribution >= 4 is 19.7 Å². The highest BCUT2D eigenvalue weighted by molar-refractivity contribution is 8.14. The van der Waals surface area contributed by atoms with Crippen LogP contribution in [0.3, 0.4) is 0 Å². The van der Waals surface area contributed by atoms with E-state index in [2.05, 4.69) is 0 Å². The van der Waals surface area contributed by atoms with Crippen LogP contribution in [0.25, 0.3) is 0 Å². The Kier molecular flexibility index (Phi) is 2.78. The van der Waals surface area contributed by atoms with E-state index in [0.717, 1.165) is 6.42 Å². The van der Waals surface area contributed by atoms with Gasteiger partial charge in [-0.3, -0.25) is 0 Å². The highest BCUT2D eigenvalue weighted by Crippen LogP contribution is 2.31. The minimum Gasteiger partial charge on any atom is -0.377 e. The molecule has 0 saturated heterocycles. The van der Waals surface area contributed by atoms with Crippen molar-refractivity contribution < 1.29 is 13.2 Å². The van der Waals surface area contributed by atoms with Crippen molar-refractivity contribution in [2.45, 2.75) is 31.1 Å². The number of halogens is 1. The fourth-order valence-electron chi connectivity index (χ4n) is 1.17. The van der Waals surface area contributed by atoms with Crippen LogP contribution in [-0.2, 0) is 13.8 Å². The van der Waals surface area contributed by atoms with E-state index in [1.165, 1.54) is 0 Å². The lowest BCUT2D eigenvalue weighted by Gasteiger charge is -2.33. The zero-order chi connectivity index (χ0) is 8.48. The largest absolute Gasteiger partial charge is 0.377 e. The standard InChI is InChI=1S/C6H11ClO3S/c1-2-10-5-3-4-6(5)11(7,8)9/h5-6H,2-4H2,1H3/t5?,6-/m0/s1. The zero-order valence-electron chi connectivity index (χ0n) is 6.29. The van der Waals surface area contributed by atoms with Crippen molar-refractivity contribution in [1.82, 2.24) is 0 Å². The van der Waals surface area contributed by atoms with Crippen molar-refractivity contribution in [1.29, 1.82) is 0 Å². The van der Waals surface area contributed by atoms with Crippen LogP contribution in [0.5, 0.6) is 0 Å². The highest BCUT2D eigenvalue weighted by atomic mass is 35.7. The topological polar surface area (TPSA) is 43.4 Å². The zero-order valence-corrected chi connectivity index (χ0v) is 7.86. The molecule has 1 unspecified atom stereocenters. The summed E-state index contributed by atoms with van der Waals surface area (Å²) in [6.45, 7) is 2.39. The fourth-order valence-corrected chi connectivity index (χ4v) is 2.77. The average Bonchev–Trinajstić information content (AvgIpc) is 1.75. The Hall–Kier alpha value is 0.200. The van der Waals surface area contributed by atoms with Crippen molar-refractivity contribution in [3.8, 4) is 0 Å². The van der Waals surface area contributed by atoms with Crippen LogP contribution in [0.2, 0.25) is 0 Å². The van der Waals surface area contributed by atoms with Crippen LogP contribution in [0, 0.1) is 0 Å². The molecule has 0 aliphatic heterocycles. The van der Waals surface area contributed by atoms with Crippen molar-refractivity contribution in [2.75, 3.05) is 6.61 Å². The van der Waals surface area contributed by atoms with Gasteiger partial charge in [-0.25, -0.2) is 8.42 Å². The lowest BCUT2D eigenvalue weighted by atomic mass is 9.95. The van der Waals surface area contributed by atoms with Gasteiger partial charge in [-0.1, -0.05) is 0 Å². The molecule has 0 aromatic rings. The lowest BCUT2D eigenvalue weighted by molar-refractivity contribution is 0.0141. The first-order chi connectivity index (χ1) is 5.05. The lowest BCUT2D eigenvalue weighted by Crippen LogP contribution is -2.42. The van der Waals surface area contributed by atoms with Crippen LogP contribution in [-0.4, -0.2) is 26.4 Å². The van der Waals surface area contributed by atoms with E-state index in [0.29, 0.717) is 13.0 Å². The fraction of sp³-hybridized carbons (Fsp3) is 1.00. The van der Waals surface area contributed by atoms with Crippen LogP contribution in [0.15, 0.2) is 0 Å². The molecule has 5 heteroatoms. The van der Waals surface area contributed by atoms with E-state index in [9.17, 15) is 8.42 Å². The Morgan fingerprint density at radius 1 is 1.55 bits per heavy atom. The van der Waals surface area contributed by atoms with Gasteiger partial charge in [0.05, 0.1) is 6.10 Å². The van der Waals surface area contributed by atoms with Gasteiger partial charge >= 0.3 is 0 Å². The normalized spacial score (nSPS) is 31.5. The molecule has 0 heterocycles. The minimum absolute atomic E-state index is 0.164. The molecule has 0 radical (unpaired) electrons. The predicted octanol–water partition coefficient (Wildman–Crippen LogP) is 1.12. The van der Waals surface area contributed by atoms with Crippen molar-refractivity contribution in [3.63, 3.8) is 0 Å². The molecule has 66 valence electrons. The van der Waals surface area contributed by atoms with Gasteiger partial charge in [0.1, 0.15) is 5.25 Å². The highest BCUT2D eigenvalue weighted by Gasteiger charge is 2.40. The van der Waals surface area contributed by atoms with Crippen molar-refractivity contribution in [2.24, 2.45) is 0 Å². The molecule has 1 rings (SSSR count). The second kappa shape index (κ2) is 3.29. The van der Waals surface area contributed by atoms with Gasteiger partial charge in [0.25, 0.3) is 0 Å². The summed E-state index contributed by atoms with van der Waals surface area (Å²) >= 11 is 0. The molecule has 1 saturated carbocycles. The molecular weight excluding hydrogens is 188 g/mol. The third-order valence-electron chi connectivity index (χ3n) is 1.89. The Labute approximate surface area is 71.1 Å². The molecule has 11 heavy (non-hydrogen) atoms. The van der Waals surface area contributed by atoms with Gasteiger partial charge in [0.2, 0.25) is 9.05 Å². The van der Waals surface area contributed by atoms with Crippen LogP contribution < -0.4 is 0 Å². The molecule has 0 spiro atoms. The molecule has 1 aliphatic carbocycles. The Morgan fingerprint density at radius 2 is 2.18 bits per heavy atom. The van der Waals surface area contributed by atoms with Crippen LogP contribution in [0.4, 0.5) is 0 Å². The monoisotopic (exact) mass is 198 g/mol. The van der Waals surface area contributed by atoms with Gasteiger partial charge in [0.15, 0.2) is 0 Å². The number of hydrogen-bond acceptors (Lipinski definition) is 3. The maximum atomic E-state index is 10.8. The maximum Gasteiger partial charge on any atom is 0.238 e. The van der Waals surface area contributed by atoms with Gasteiger partial charge in [0, 0.05) is 17.3 Å². The first-order valence-corrected chi connectivity index (χ1v) is 5.98. The third-order valence-corrected chi connectivity index (χ3v) is 3.84. The second-order valence-corrected chi connectivity index (χ2v) is 5.43. The summed E-state index contributed by atoms with van der Waals surface area (Å²) in [6.07, 6.45) is 1.28. The summed E-state index contributed by atoms with van der Waals surface area (Å²) in [5.41, 5.74) is 0. The smallest absolute Gasteiger partial charge is 0.238 e. The summed E-state index contributed by atoms with van der Waals surface area (Å²) in [6, 6.07) is 0. The first kappa shape index (κ1) is 9.29. The summed E-state index contributed by atoms with van der Waals surface area (Å²) in [5.74, 6) is 0. The molecule has 1 fully saturated rings. The molecule has 1 aliphatic rings. The maximum absolute atomic E-state index is 10.8.